The van der Waals surface area contributed by atoms with Crippen molar-refractivity contribution in [3.05, 3.63) is 75.3 Å². The summed E-state index contributed by atoms with van der Waals surface area (Å²) in [6.45, 7) is 3.97. The van der Waals surface area contributed by atoms with Gasteiger partial charge in [-0.3, -0.25) is 4.79 Å². The Bertz CT molecular complexity index is 906. The largest absolute Gasteiger partial charge is 0.325 e. The number of aromatic nitrogens is 1. The lowest BCUT2D eigenvalue weighted by Gasteiger charge is -2.08. The number of aryl methyl sites for hydroxylation is 1. The second-order valence-electron chi connectivity index (χ2n) is 6.02. The van der Waals surface area contributed by atoms with Crippen LogP contribution in [0.25, 0.3) is 0 Å². The quantitative estimate of drug-likeness (QED) is 0.523. The van der Waals surface area contributed by atoms with E-state index in [0.717, 1.165) is 27.0 Å². The number of carbonyl (C=O) groups excluding carboxylic acids is 1. The summed E-state index contributed by atoms with van der Waals surface area (Å²) in [7, 11) is 0. The molecule has 3 nitrogen and oxygen atoms in total. The molecule has 2 aromatic carbocycles. The number of nitrogens with zero attached hydrogens (tertiary/aromatic N) is 1. The van der Waals surface area contributed by atoms with Gasteiger partial charge in [0.25, 0.3) is 0 Å². The summed E-state index contributed by atoms with van der Waals surface area (Å²) >= 11 is 9.36. The van der Waals surface area contributed by atoms with E-state index in [1.54, 1.807) is 23.1 Å². The van der Waals surface area contributed by atoms with Gasteiger partial charge in [0, 0.05) is 21.8 Å². The lowest BCUT2D eigenvalue weighted by atomic mass is 10.2. The minimum Gasteiger partial charge on any atom is -0.325 e. The minimum atomic E-state index is -0.0873. The van der Waals surface area contributed by atoms with Crippen molar-refractivity contribution in [3.8, 4) is 0 Å². The van der Waals surface area contributed by atoms with Crippen LogP contribution in [-0.4, -0.2) is 10.9 Å². The van der Waals surface area contributed by atoms with Gasteiger partial charge in [-0.1, -0.05) is 59.3 Å². The number of hydrogen-bond donors (Lipinski definition) is 1. The maximum atomic E-state index is 12.3. The summed E-state index contributed by atoms with van der Waals surface area (Å²) < 4.78 is 0.979. The Morgan fingerprint density at radius 1 is 1.19 bits per heavy atom. The number of thiazole rings is 1. The predicted molar refractivity (Wildman–Crippen MR) is 111 cm³/mol. The van der Waals surface area contributed by atoms with Crippen LogP contribution in [0.15, 0.2) is 52.2 Å². The number of hydrogen-bond acceptors (Lipinski definition) is 4. The second-order valence-corrected chi connectivity index (χ2v) is 8.50. The van der Waals surface area contributed by atoms with Gasteiger partial charge in [0.15, 0.2) is 0 Å². The second kappa shape index (κ2) is 8.71. The van der Waals surface area contributed by atoms with Crippen LogP contribution in [0.4, 0.5) is 5.69 Å². The van der Waals surface area contributed by atoms with Crippen molar-refractivity contribution in [3.63, 3.8) is 0 Å². The van der Waals surface area contributed by atoms with Crippen molar-refractivity contribution < 1.29 is 4.79 Å². The molecule has 3 aromatic rings. The predicted octanol–water partition coefficient (Wildman–Crippen LogP) is 5.89. The summed E-state index contributed by atoms with van der Waals surface area (Å²) in [5.74, 6) is 0.789. The number of halogens is 1. The zero-order valence-corrected chi connectivity index (χ0v) is 17.0. The molecule has 0 fully saturated rings. The number of thioether (sulfide) groups is 1. The summed E-state index contributed by atoms with van der Waals surface area (Å²) in [4.78, 5) is 16.8. The highest BCUT2D eigenvalue weighted by Crippen LogP contribution is 2.27. The highest BCUT2D eigenvalue weighted by atomic mass is 35.5. The zero-order valence-electron chi connectivity index (χ0n) is 14.6. The van der Waals surface area contributed by atoms with E-state index in [1.165, 1.54) is 11.1 Å². The van der Waals surface area contributed by atoms with Gasteiger partial charge in [-0.2, -0.15) is 0 Å². The molecule has 6 heteroatoms. The molecular formula is C20H19ClN2OS2. The van der Waals surface area contributed by atoms with Gasteiger partial charge in [-0.15, -0.1) is 11.3 Å². The molecule has 0 saturated carbocycles. The van der Waals surface area contributed by atoms with E-state index in [2.05, 4.69) is 41.5 Å². The van der Waals surface area contributed by atoms with Crippen LogP contribution >= 0.6 is 34.7 Å². The molecule has 1 aromatic heterocycles. The van der Waals surface area contributed by atoms with Crippen molar-refractivity contribution in [1.29, 1.82) is 0 Å². The molecule has 0 saturated heterocycles. The third-order valence-electron chi connectivity index (χ3n) is 3.90. The van der Waals surface area contributed by atoms with Crippen LogP contribution in [0.3, 0.4) is 0 Å². The highest BCUT2D eigenvalue weighted by molar-refractivity contribution is 8.00. The molecule has 0 bridgehead atoms. The fourth-order valence-corrected chi connectivity index (χ4v) is 4.34. The molecule has 1 N–H and O–H groups in total. The summed E-state index contributed by atoms with van der Waals surface area (Å²) in [5, 5.41) is 5.50. The van der Waals surface area contributed by atoms with Crippen LogP contribution in [0.5, 0.6) is 0 Å². The first kappa shape index (κ1) is 19.0. The normalized spacial score (nSPS) is 10.7. The molecule has 0 aliphatic carbocycles. The average molecular weight is 403 g/mol. The molecule has 0 aliphatic heterocycles. The van der Waals surface area contributed by atoms with E-state index < -0.39 is 0 Å². The Labute approximate surface area is 166 Å². The first-order valence-corrected chi connectivity index (χ1v) is 10.4. The lowest BCUT2D eigenvalue weighted by molar-refractivity contribution is -0.115. The molecule has 0 radical (unpaired) electrons. The maximum Gasteiger partial charge on any atom is 0.230 e. The zero-order chi connectivity index (χ0) is 18.5. The molecule has 134 valence electrons. The Morgan fingerprint density at radius 3 is 2.73 bits per heavy atom. The van der Waals surface area contributed by atoms with Crippen molar-refractivity contribution in [2.75, 3.05) is 5.32 Å². The monoisotopic (exact) mass is 402 g/mol. The molecule has 0 unspecified atom stereocenters. The fraction of sp³-hybridized carbons (Fsp3) is 0.200. The van der Waals surface area contributed by atoms with Gasteiger partial charge in [0.2, 0.25) is 5.91 Å². The Morgan fingerprint density at radius 2 is 1.96 bits per heavy atom. The molecule has 1 heterocycles. The van der Waals surface area contributed by atoms with Crippen LogP contribution < -0.4 is 5.32 Å². The summed E-state index contributed by atoms with van der Waals surface area (Å²) in [6.07, 6.45) is 0.257. The third kappa shape index (κ3) is 5.10. The topological polar surface area (TPSA) is 42.0 Å². The first-order chi connectivity index (χ1) is 12.5. The molecule has 1 amide bonds. The summed E-state index contributed by atoms with van der Waals surface area (Å²) in [5.41, 5.74) is 4.93. The van der Waals surface area contributed by atoms with E-state index in [4.69, 9.17) is 11.6 Å². The summed E-state index contributed by atoms with van der Waals surface area (Å²) in [6, 6.07) is 14.0. The van der Waals surface area contributed by atoms with Crippen molar-refractivity contribution in [1.82, 2.24) is 4.98 Å². The van der Waals surface area contributed by atoms with Crippen molar-refractivity contribution in [2.45, 2.75) is 30.4 Å². The van der Waals surface area contributed by atoms with Crippen molar-refractivity contribution >= 4 is 46.3 Å². The lowest BCUT2D eigenvalue weighted by Crippen LogP contribution is -2.15. The maximum absolute atomic E-state index is 12.3. The van der Waals surface area contributed by atoms with Crippen LogP contribution in [0.1, 0.15) is 22.4 Å². The molecule has 0 atom stereocenters. The molecule has 0 spiro atoms. The van der Waals surface area contributed by atoms with E-state index in [0.29, 0.717) is 5.02 Å². The standard InChI is InChI=1S/C20H19ClN2OS2/c1-13-6-8-15(9-7-13)11-25-20-22-16(12-26-20)10-19(24)23-18-5-3-4-17(21)14(18)2/h3-9,12H,10-11H2,1-2H3,(H,23,24). The van der Waals surface area contributed by atoms with Gasteiger partial charge in [-0.05, 0) is 37.1 Å². The molecule has 3 rings (SSSR count). The third-order valence-corrected chi connectivity index (χ3v) is 6.45. The Kier molecular flexibility index (Phi) is 6.35. The van der Waals surface area contributed by atoms with Crippen molar-refractivity contribution in [2.24, 2.45) is 0 Å². The average Bonchev–Trinajstić information content (AvgIpc) is 3.06. The van der Waals surface area contributed by atoms with Crippen LogP contribution in [0, 0.1) is 13.8 Å². The number of carbonyl (C=O) groups is 1. The van der Waals surface area contributed by atoms with E-state index >= 15 is 0 Å². The Hall–Kier alpha value is -1.82. The molecule has 26 heavy (non-hydrogen) atoms. The molecular weight excluding hydrogens is 384 g/mol. The smallest absolute Gasteiger partial charge is 0.230 e. The number of nitrogens with one attached hydrogen (secondary N) is 1. The number of benzene rings is 2. The van der Waals surface area contributed by atoms with Crippen LogP contribution in [0.2, 0.25) is 5.02 Å². The molecule has 0 aliphatic rings. The Balaban J connectivity index is 1.55. The van der Waals surface area contributed by atoms with E-state index in [1.807, 2.05) is 30.5 Å². The van der Waals surface area contributed by atoms with E-state index in [-0.39, 0.29) is 12.3 Å². The minimum absolute atomic E-state index is 0.0873. The number of rotatable bonds is 6. The fourth-order valence-electron chi connectivity index (χ4n) is 2.37. The van der Waals surface area contributed by atoms with Gasteiger partial charge < -0.3 is 5.32 Å². The first-order valence-electron chi connectivity index (χ1n) is 8.19. The van der Waals surface area contributed by atoms with Gasteiger partial charge >= 0.3 is 0 Å². The van der Waals surface area contributed by atoms with Gasteiger partial charge in [0.1, 0.15) is 4.34 Å². The van der Waals surface area contributed by atoms with Gasteiger partial charge in [0.05, 0.1) is 12.1 Å². The van der Waals surface area contributed by atoms with E-state index in [9.17, 15) is 4.79 Å². The van der Waals surface area contributed by atoms with Crippen LogP contribution in [-0.2, 0) is 17.0 Å². The number of anilines is 1. The number of amides is 1. The SMILES string of the molecule is Cc1ccc(CSc2nc(CC(=O)Nc3cccc(Cl)c3C)cs2)cc1. The highest BCUT2D eigenvalue weighted by Gasteiger charge is 2.11. The van der Waals surface area contributed by atoms with Gasteiger partial charge in [-0.25, -0.2) is 4.98 Å².